The van der Waals surface area contributed by atoms with Crippen molar-refractivity contribution in [2.75, 3.05) is 5.32 Å². The third kappa shape index (κ3) is 3.32. The molecule has 102 valence electrons. The quantitative estimate of drug-likeness (QED) is 0.840. The maximum atomic E-state index is 11.6. The van der Waals surface area contributed by atoms with Crippen molar-refractivity contribution in [1.82, 2.24) is 5.32 Å². The average Bonchev–Trinajstić information content (AvgIpc) is 2.93. The van der Waals surface area contributed by atoms with E-state index in [0.717, 1.165) is 0 Å². The molecular formula is C14H12N2O4. The van der Waals surface area contributed by atoms with Crippen molar-refractivity contribution >= 4 is 23.4 Å². The van der Waals surface area contributed by atoms with Gasteiger partial charge < -0.3 is 9.73 Å². The zero-order chi connectivity index (χ0) is 14.5. The third-order valence-electron chi connectivity index (χ3n) is 2.52. The van der Waals surface area contributed by atoms with Crippen molar-refractivity contribution in [3.05, 3.63) is 54.0 Å². The van der Waals surface area contributed by atoms with Crippen LogP contribution in [0.4, 0.5) is 10.5 Å². The molecule has 0 aliphatic heterocycles. The Balaban J connectivity index is 1.94. The van der Waals surface area contributed by atoms with Gasteiger partial charge in [0.2, 0.25) is 0 Å². The summed E-state index contributed by atoms with van der Waals surface area (Å²) in [6.45, 7) is 1.46. The van der Waals surface area contributed by atoms with Crippen molar-refractivity contribution in [2.45, 2.75) is 6.92 Å². The summed E-state index contributed by atoms with van der Waals surface area (Å²) in [5.41, 5.74) is 1.02. The number of carbonyl (C=O) groups excluding carboxylic acids is 3. The lowest BCUT2D eigenvalue weighted by Gasteiger charge is -2.06. The number of anilines is 1. The zero-order valence-corrected chi connectivity index (χ0v) is 10.7. The molecule has 0 radical (unpaired) electrons. The Kier molecular flexibility index (Phi) is 3.95. The SMILES string of the molecule is CC(=O)c1ccc(NC(=O)NC(=O)c2ccco2)cc1. The van der Waals surface area contributed by atoms with E-state index in [1.807, 2.05) is 0 Å². The van der Waals surface area contributed by atoms with Crippen LogP contribution in [0.1, 0.15) is 27.8 Å². The van der Waals surface area contributed by atoms with E-state index < -0.39 is 11.9 Å². The van der Waals surface area contributed by atoms with Gasteiger partial charge in [-0.3, -0.25) is 14.9 Å². The predicted octanol–water partition coefficient (Wildman–Crippen LogP) is 2.44. The first kappa shape index (κ1) is 13.5. The summed E-state index contributed by atoms with van der Waals surface area (Å²) < 4.78 is 4.86. The average molecular weight is 272 g/mol. The summed E-state index contributed by atoms with van der Waals surface area (Å²) in [6.07, 6.45) is 1.34. The molecule has 0 saturated heterocycles. The molecule has 1 aromatic heterocycles. The fourth-order valence-electron chi connectivity index (χ4n) is 1.52. The van der Waals surface area contributed by atoms with Gasteiger partial charge in [-0.05, 0) is 43.3 Å². The largest absolute Gasteiger partial charge is 0.459 e. The number of imide groups is 1. The highest BCUT2D eigenvalue weighted by Gasteiger charge is 2.12. The van der Waals surface area contributed by atoms with Crippen LogP contribution in [0.5, 0.6) is 0 Å². The van der Waals surface area contributed by atoms with E-state index in [2.05, 4.69) is 10.6 Å². The van der Waals surface area contributed by atoms with E-state index in [4.69, 9.17) is 4.42 Å². The van der Waals surface area contributed by atoms with Gasteiger partial charge in [0.05, 0.1) is 6.26 Å². The van der Waals surface area contributed by atoms with Crippen LogP contribution >= 0.6 is 0 Å². The van der Waals surface area contributed by atoms with Crippen LogP contribution in [0.2, 0.25) is 0 Å². The minimum atomic E-state index is -0.679. The molecule has 2 rings (SSSR count). The normalized spacial score (nSPS) is 9.85. The number of nitrogens with one attached hydrogen (secondary N) is 2. The Labute approximate surface area is 114 Å². The molecule has 0 saturated carbocycles. The molecule has 6 nitrogen and oxygen atoms in total. The molecule has 0 fully saturated rings. The van der Waals surface area contributed by atoms with Crippen molar-refractivity contribution in [3.8, 4) is 0 Å². The van der Waals surface area contributed by atoms with Crippen LogP contribution in [-0.2, 0) is 0 Å². The number of benzene rings is 1. The minimum absolute atomic E-state index is 0.0482. The van der Waals surface area contributed by atoms with E-state index in [1.165, 1.54) is 19.3 Å². The standard InChI is InChI=1S/C14H12N2O4/c1-9(17)10-4-6-11(7-5-10)15-14(19)16-13(18)12-3-2-8-20-12/h2-8H,1H3,(H2,15,16,18,19). The van der Waals surface area contributed by atoms with Crippen molar-refractivity contribution in [1.29, 1.82) is 0 Å². The lowest BCUT2D eigenvalue weighted by molar-refractivity contribution is 0.0939. The van der Waals surface area contributed by atoms with Crippen molar-refractivity contribution in [2.24, 2.45) is 0 Å². The second-order valence-electron chi connectivity index (χ2n) is 4.02. The highest BCUT2D eigenvalue weighted by Crippen LogP contribution is 2.10. The first-order chi connectivity index (χ1) is 9.56. The Morgan fingerprint density at radius 3 is 2.30 bits per heavy atom. The van der Waals surface area contributed by atoms with Crippen molar-refractivity contribution in [3.63, 3.8) is 0 Å². The number of Topliss-reactive ketones (excluding diaryl/α,β-unsaturated/α-hetero) is 1. The minimum Gasteiger partial charge on any atom is -0.459 e. The smallest absolute Gasteiger partial charge is 0.326 e. The van der Waals surface area contributed by atoms with Gasteiger partial charge in [0.25, 0.3) is 5.91 Å². The van der Waals surface area contributed by atoms with Gasteiger partial charge in [0.1, 0.15) is 0 Å². The summed E-state index contributed by atoms with van der Waals surface area (Å²) in [5, 5.41) is 4.60. The number of carbonyl (C=O) groups is 3. The van der Waals surface area contributed by atoms with E-state index in [-0.39, 0.29) is 11.5 Å². The number of hydrogen-bond acceptors (Lipinski definition) is 4. The first-order valence-corrected chi connectivity index (χ1v) is 5.83. The van der Waals surface area contributed by atoms with E-state index in [0.29, 0.717) is 11.3 Å². The molecule has 2 aromatic rings. The zero-order valence-electron chi connectivity index (χ0n) is 10.7. The van der Waals surface area contributed by atoms with E-state index in [9.17, 15) is 14.4 Å². The second kappa shape index (κ2) is 5.83. The monoisotopic (exact) mass is 272 g/mol. The molecule has 0 aliphatic carbocycles. The fourth-order valence-corrected chi connectivity index (χ4v) is 1.52. The maximum Gasteiger partial charge on any atom is 0.326 e. The van der Waals surface area contributed by atoms with Crippen LogP contribution in [0.3, 0.4) is 0 Å². The maximum absolute atomic E-state index is 11.6. The summed E-state index contributed by atoms with van der Waals surface area (Å²) in [7, 11) is 0. The van der Waals surface area contributed by atoms with Gasteiger partial charge in [0, 0.05) is 11.3 Å². The summed E-state index contributed by atoms with van der Waals surface area (Å²) >= 11 is 0. The second-order valence-corrected chi connectivity index (χ2v) is 4.02. The van der Waals surface area contributed by atoms with E-state index >= 15 is 0 Å². The van der Waals surface area contributed by atoms with Crippen LogP contribution in [0.25, 0.3) is 0 Å². The fraction of sp³-hybridized carbons (Fsp3) is 0.0714. The van der Waals surface area contributed by atoms with Gasteiger partial charge in [0.15, 0.2) is 11.5 Å². The van der Waals surface area contributed by atoms with Crippen LogP contribution < -0.4 is 10.6 Å². The number of rotatable bonds is 3. The predicted molar refractivity (Wildman–Crippen MR) is 71.6 cm³/mol. The van der Waals surface area contributed by atoms with Gasteiger partial charge in [-0.1, -0.05) is 0 Å². The molecule has 1 heterocycles. The summed E-state index contributed by atoms with van der Waals surface area (Å²) in [4.78, 5) is 34.2. The Bertz CT molecular complexity index is 630. The number of amides is 3. The Hall–Kier alpha value is -2.89. The Morgan fingerprint density at radius 2 is 1.75 bits per heavy atom. The highest BCUT2D eigenvalue weighted by molar-refractivity contribution is 6.06. The topological polar surface area (TPSA) is 88.4 Å². The first-order valence-electron chi connectivity index (χ1n) is 5.83. The lowest BCUT2D eigenvalue weighted by Crippen LogP contribution is -2.34. The number of urea groups is 1. The molecule has 2 N–H and O–H groups in total. The third-order valence-corrected chi connectivity index (χ3v) is 2.52. The molecule has 1 aromatic carbocycles. The van der Waals surface area contributed by atoms with Crippen molar-refractivity contribution < 1.29 is 18.8 Å². The lowest BCUT2D eigenvalue weighted by atomic mass is 10.1. The molecular weight excluding hydrogens is 260 g/mol. The Morgan fingerprint density at radius 1 is 1.05 bits per heavy atom. The van der Waals surface area contributed by atoms with Gasteiger partial charge >= 0.3 is 6.03 Å². The van der Waals surface area contributed by atoms with Gasteiger partial charge in [-0.25, -0.2) is 4.79 Å². The van der Waals surface area contributed by atoms with Crippen LogP contribution in [-0.4, -0.2) is 17.7 Å². The van der Waals surface area contributed by atoms with Crippen LogP contribution in [0.15, 0.2) is 47.1 Å². The van der Waals surface area contributed by atoms with Crippen LogP contribution in [0, 0.1) is 0 Å². The molecule has 0 unspecified atom stereocenters. The van der Waals surface area contributed by atoms with Gasteiger partial charge in [-0.2, -0.15) is 0 Å². The molecule has 0 atom stereocenters. The van der Waals surface area contributed by atoms with E-state index in [1.54, 1.807) is 30.3 Å². The summed E-state index contributed by atoms with van der Waals surface area (Å²) in [6, 6.07) is 8.65. The highest BCUT2D eigenvalue weighted by atomic mass is 16.3. The van der Waals surface area contributed by atoms with Gasteiger partial charge in [-0.15, -0.1) is 0 Å². The molecule has 3 amide bonds. The summed E-state index contributed by atoms with van der Waals surface area (Å²) in [5.74, 6) is -0.645. The molecule has 0 spiro atoms. The number of furan rings is 1. The number of ketones is 1. The molecule has 0 aliphatic rings. The molecule has 20 heavy (non-hydrogen) atoms. The molecule has 0 bridgehead atoms. The number of hydrogen-bond donors (Lipinski definition) is 2. The molecule has 6 heteroatoms.